The number of nitrogens with one attached hydrogen (secondary N) is 1. The molecule has 0 saturated heterocycles. The van der Waals surface area contributed by atoms with Gasteiger partial charge in [-0.15, -0.1) is 0 Å². The van der Waals surface area contributed by atoms with E-state index < -0.39 is 6.04 Å². The number of phenols is 1. The van der Waals surface area contributed by atoms with Gasteiger partial charge < -0.3 is 15.6 Å². The first-order chi connectivity index (χ1) is 10.7. The molecule has 0 spiro atoms. The zero-order valence-corrected chi connectivity index (χ0v) is 12.0. The third-order valence-corrected chi connectivity index (χ3v) is 3.40. The average Bonchev–Trinajstić information content (AvgIpc) is 3.05. The SMILES string of the molecule is COc1ccc(C(N)c2nc(-c3ccc(O)cc3)n[nH]2)cc1. The van der Waals surface area contributed by atoms with Gasteiger partial charge in [0, 0.05) is 5.56 Å². The van der Waals surface area contributed by atoms with Gasteiger partial charge in [-0.05, 0) is 42.0 Å². The van der Waals surface area contributed by atoms with E-state index in [9.17, 15) is 5.11 Å². The van der Waals surface area contributed by atoms with E-state index in [1.165, 1.54) is 0 Å². The highest BCUT2D eigenvalue weighted by molar-refractivity contribution is 5.55. The Kier molecular flexibility index (Phi) is 3.76. The van der Waals surface area contributed by atoms with Crippen molar-refractivity contribution in [1.82, 2.24) is 15.2 Å². The van der Waals surface area contributed by atoms with E-state index >= 15 is 0 Å². The van der Waals surface area contributed by atoms with E-state index in [0.29, 0.717) is 11.6 Å². The third kappa shape index (κ3) is 2.77. The molecule has 6 heteroatoms. The molecule has 0 aliphatic heterocycles. The van der Waals surface area contributed by atoms with Crippen molar-refractivity contribution in [3.63, 3.8) is 0 Å². The maximum atomic E-state index is 9.31. The van der Waals surface area contributed by atoms with Crippen molar-refractivity contribution in [3.05, 3.63) is 59.9 Å². The van der Waals surface area contributed by atoms with Gasteiger partial charge in [-0.1, -0.05) is 12.1 Å². The number of methoxy groups -OCH3 is 1. The van der Waals surface area contributed by atoms with E-state index in [4.69, 9.17) is 10.5 Å². The number of nitrogens with zero attached hydrogens (tertiary/aromatic N) is 2. The van der Waals surface area contributed by atoms with Gasteiger partial charge in [-0.3, -0.25) is 5.10 Å². The van der Waals surface area contributed by atoms with Gasteiger partial charge in [0.25, 0.3) is 0 Å². The predicted octanol–water partition coefficient (Wildman–Crippen LogP) is 2.23. The fraction of sp³-hybridized carbons (Fsp3) is 0.125. The number of rotatable bonds is 4. The molecule has 1 atom stereocenters. The topological polar surface area (TPSA) is 97.1 Å². The number of aromatic amines is 1. The van der Waals surface area contributed by atoms with Gasteiger partial charge in [0.05, 0.1) is 13.2 Å². The summed E-state index contributed by atoms with van der Waals surface area (Å²) in [4.78, 5) is 4.42. The Balaban J connectivity index is 1.84. The molecule has 6 nitrogen and oxygen atoms in total. The normalized spacial score (nSPS) is 12.1. The molecule has 0 saturated carbocycles. The standard InChI is InChI=1S/C16H16N4O2/c1-22-13-8-4-10(5-9-13)14(17)16-18-15(19-20-16)11-2-6-12(21)7-3-11/h2-9,14,21H,17H2,1H3,(H,18,19,20). The second kappa shape index (κ2) is 5.87. The van der Waals surface area contributed by atoms with Crippen molar-refractivity contribution in [3.8, 4) is 22.9 Å². The summed E-state index contributed by atoms with van der Waals surface area (Å²) in [5.74, 6) is 2.10. The molecule has 1 unspecified atom stereocenters. The Morgan fingerprint density at radius 3 is 2.41 bits per heavy atom. The minimum absolute atomic E-state index is 0.203. The first kappa shape index (κ1) is 14.1. The molecule has 112 valence electrons. The Morgan fingerprint density at radius 1 is 1.09 bits per heavy atom. The fourth-order valence-electron chi connectivity index (χ4n) is 2.12. The van der Waals surface area contributed by atoms with Crippen LogP contribution < -0.4 is 10.5 Å². The van der Waals surface area contributed by atoms with Gasteiger partial charge in [-0.25, -0.2) is 4.98 Å². The lowest BCUT2D eigenvalue weighted by Crippen LogP contribution is -2.13. The van der Waals surface area contributed by atoms with Gasteiger partial charge in [-0.2, -0.15) is 5.10 Å². The highest BCUT2D eigenvalue weighted by Gasteiger charge is 2.14. The number of benzene rings is 2. The number of ether oxygens (including phenoxy) is 1. The van der Waals surface area contributed by atoms with Crippen LogP contribution in [0.25, 0.3) is 11.4 Å². The molecular formula is C16H16N4O2. The summed E-state index contributed by atoms with van der Waals surface area (Å²) in [5.41, 5.74) is 7.93. The first-order valence-electron chi connectivity index (χ1n) is 6.78. The van der Waals surface area contributed by atoms with Crippen molar-refractivity contribution in [2.24, 2.45) is 5.73 Å². The minimum atomic E-state index is -0.399. The van der Waals surface area contributed by atoms with E-state index in [1.807, 2.05) is 24.3 Å². The van der Waals surface area contributed by atoms with Crippen LogP contribution in [0.5, 0.6) is 11.5 Å². The maximum Gasteiger partial charge on any atom is 0.181 e. The first-order valence-corrected chi connectivity index (χ1v) is 6.78. The molecule has 0 bridgehead atoms. The number of hydrogen-bond acceptors (Lipinski definition) is 5. The summed E-state index contributed by atoms with van der Waals surface area (Å²) in [6, 6.07) is 13.8. The van der Waals surface area contributed by atoms with Crippen molar-refractivity contribution < 1.29 is 9.84 Å². The zero-order valence-electron chi connectivity index (χ0n) is 12.0. The van der Waals surface area contributed by atoms with Crippen molar-refractivity contribution >= 4 is 0 Å². The predicted molar refractivity (Wildman–Crippen MR) is 82.5 cm³/mol. The molecule has 3 rings (SSSR count). The van der Waals surface area contributed by atoms with Crippen LogP contribution in [0.4, 0.5) is 0 Å². The Labute approximate surface area is 127 Å². The van der Waals surface area contributed by atoms with E-state index in [-0.39, 0.29) is 5.75 Å². The Bertz CT molecular complexity index is 751. The quantitative estimate of drug-likeness (QED) is 0.686. The van der Waals surface area contributed by atoms with Crippen LogP contribution in [0.2, 0.25) is 0 Å². The molecule has 1 heterocycles. The summed E-state index contributed by atoms with van der Waals surface area (Å²) in [6.45, 7) is 0. The highest BCUT2D eigenvalue weighted by atomic mass is 16.5. The van der Waals surface area contributed by atoms with Crippen LogP contribution in [-0.2, 0) is 0 Å². The molecular weight excluding hydrogens is 280 g/mol. The largest absolute Gasteiger partial charge is 0.508 e. The van der Waals surface area contributed by atoms with Crippen molar-refractivity contribution in [2.45, 2.75) is 6.04 Å². The van der Waals surface area contributed by atoms with Gasteiger partial charge >= 0.3 is 0 Å². The Morgan fingerprint density at radius 2 is 1.77 bits per heavy atom. The summed E-state index contributed by atoms with van der Waals surface area (Å²) in [7, 11) is 1.62. The molecule has 4 N–H and O–H groups in total. The van der Waals surface area contributed by atoms with E-state index in [0.717, 1.165) is 16.9 Å². The molecule has 3 aromatic rings. The smallest absolute Gasteiger partial charge is 0.181 e. The number of phenolic OH excluding ortho intramolecular Hbond substituents is 1. The summed E-state index contributed by atoms with van der Waals surface area (Å²) >= 11 is 0. The minimum Gasteiger partial charge on any atom is -0.508 e. The van der Waals surface area contributed by atoms with Gasteiger partial charge in [0.15, 0.2) is 5.82 Å². The molecule has 0 aliphatic rings. The van der Waals surface area contributed by atoms with Crippen LogP contribution in [0, 0.1) is 0 Å². The number of H-pyrrole nitrogens is 1. The lowest BCUT2D eigenvalue weighted by Gasteiger charge is -2.09. The molecule has 0 radical (unpaired) electrons. The zero-order chi connectivity index (χ0) is 15.5. The lowest BCUT2D eigenvalue weighted by molar-refractivity contribution is 0.414. The number of aromatic hydroxyl groups is 1. The fourth-order valence-corrected chi connectivity index (χ4v) is 2.12. The Hall–Kier alpha value is -2.86. The van der Waals surface area contributed by atoms with Crippen LogP contribution in [-0.4, -0.2) is 27.4 Å². The molecule has 2 aromatic carbocycles. The lowest BCUT2D eigenvalue weighted by atomic mass is 10.1. The number of nitrogens with two attached hydrogens (primary N) is 1. The van der Waals surface area contributed by atoms with Gasteiger partial charge in [0.2, 0.25) is 0 Å². The monoisotopic (exact) mass is 296 g/mol. The van der Waals surface area contributed by atoms with Crippen LogP contribution in [0.15, 0.2) is 48.5 Å². The average molecular weight is 296 g/mol. The number of hydrogen-bond donors (Lipinski definition) is 3. The van der Waals surface area contributed by atoms with Crippen molar-refractivity contribution in [2.75, 3.05) is 7.11 Å². The second-order valence-electron chi connectivity index (χ2n) is 4.84. The second-order valence-corrected chi connectivity index (χ2v) is 4.84. The molecule has 0 fully saturated rings. The van der Waals surface area contributed by atoms with Crippen LogP contribution in [0.3, 0.4) is 0 Å². The third-order valence-electron chi connectivity index (χ3n) is 3.40. The van der Waals surface area contributed by atoms with Gasteiger partial charge in [0.1, 0.15) is 17.3 Å². The van der Waals surface area contributed by atoms with E-state index in [2.05, 4.69) is 15.2 Å². The molecule has 22 heavy (non-hydrogen) atoms. The molecule has 0 amide bonds. The summed E-state index contributed by atoms with van der Waals surface area (Å²) in [5, 5.41) is 16.3. The molecule has 1 aromatic heterocycles. The van der Waals surface area contributed by atoms with Crippen LogP contribution >= 0.6 is 0 Å². The van der Waals surface area contributed by atoms with Crippen LogP contribution in [0.1, 0.15) is 17.4 Å². The van der Waals surface area contributed by atoms with Crippen molar-refractivity contribution in [1.29, 1.82) is 0 Å². The summed E-state index contributed by atoms with van der Waals surface area (Å²) < 4.78 is 5.13. The van der Waals surface area contributed by atoms with E-state index in [1.54, 1.807) is 31.4 Å². The summed E-state index contributed by atoms with van der Waals surface area (Å²) in [6.07, 6.45) is 0. The molecule has 0 aliphatic carbocycles. The maximum absolute atomic E-state index is 9.31. The highest BCUT2D eigenvalue weighted by Crippen LogP contribution is 2.23. The number of aromatic nitrogens is 3.